The highest BCUT2D eigenvalue weighted by atomic mass is 32.1. The van der Waals surface area contributed by atoms with Gasteiger partial charge in [-0.15, -0.1) is 11.3 Å². The van der Waals surface area contributed by atoms with Crippen molar-refractivity contribution in [2.24, 2.45) is 0 Å². The molecule has 0 radical (unpaired) electrons. The number of piperidine rings is 1. The van der Waals surface area contributed by atoms with E-state index in [4.69, 9.17) is 5.11 Å². The van der Waals surface area contributed by atoms with Crippen molar-refractivity contribution in [3.63, 3.8) is 0 Å². The van der Waals surface area contributed by atoms with Crippen molar-refractivity contribution < 1.29 is 9.90 Å². The Balaban J connectivity index is 1.91. The molecular weight excluding hydrogens is 248 g/mol. The summed E-state index contributed by atoms with van der Waals surface area (Å²) >= 11 is 1.75. The lowest BCUT2D eigenvalue weighted by atomic mass is 9.98. The van der Waals surface area contributed by atoms with Crippen LogP contribution < -0.4 is 0 Å². The molecular formula is C13H20N2O2S. The highest BCUT2D eigenvalue weighted by Gasteiger charge is 2.23. The van der Waals surface area contributed by atoms with E-state index in [0.717, 1.165) is 25.9 Å². The van der Waals surface area contributed by atoms with Gasteiger partial charge in [0.25, 0.3) is 0 Å². The lowest BCUT2D eigenvalue weighted by molar-refractivity contribution is -0.137. The fraction of sp³-hybridized carbons (Fsp3) is 0.692. The Bertz CT molecular complexity index is 405. The number of likely N-dealkylation sites (tertiary alicyclic amines) is 1. The lowest BCUT2D eigenvalue weighted by Crippen LogP contribution is -2.35. The van der Waals surface area contributed by atoms with Crippen molar-refractivity contribution in [2.75, 3.05) is 19.6 Å². The molecule has 1 N–H and O–H groups in total. The highest BCUT2D eigenvalue weighted by molar-refractivity contribution is 7.09. The molecule has 18 heavy (non-hydrogen) atoms. The number of rotatable bonds is 5. The molecule has 1 fully saturated rings. The quantitative estimate of drug-likeness (QED) is 0.890. The standard InChI is InChI=1S/C13H20N2O2S/c1-2-11-9-18-13(14-11)10-4-3-6-15(8-10)7-5-12(16)17/h9-10H,2-8H2,1H3,(H,16,17)/t10-/m1/s1. The second kappa shape index (κ2) is 6.29. The van der Waals surface area contributed by atoms with Gasteiger partial charge in [-0.3, -0.25) is 4.79 Å². The monoisotopic (exact) mass is 268 g/mol. The zero-order valence-corrected chi connectivity index (χ0v) is 11.6. The summed E-state index contributed by atoms with van der Waals surface area (Å²) in [6.07, 6.45) is 3.56. The molecule has 2 rings (SSSR count). The van der Waals surface area contributed by atoms with Crippen LogP contribution >= 0.6 is 11.3 Å². The molecule has 1 saturated heterocycles. The molecule has 100 valence electrons. The van der Waals surface area contributed by atoms with Crippen molar-refractivity contribution in [3.05, 3.63) is 16.1 Å². The van der Waals surface area contributed by atoms with Crippen LogP contribution in [0.5, 0.6) is 0 Å². The number of carboxylic acid groups (broad SMARTS) is 1. The van der Waals surface area contributed by atoms with Gasteiger partial charge in [0, 0.05) is 24.4 Å². The third kappa shape index (κ3) is 3.53. The van der Waals surface area contributed by atoms with E-state index in [1.54, 1.807) is 11.3 Å². The average Bonchev–Trinajstić information content (AvgIpc) is 2.85. The minimum atomic E-state index is -0.709. The molecule has 1 atom stereocenters. The molecule has 0 saturated carbocycles. The predicted molar refractivity (Wildman–Crippen MR) is 72.2 cm³/mol. The Kier molecular flexibility index (Phi) is 4.72. The van der Waals surface area contributed by atoms with Gasteiger partial charge in [-0.25, -0.2) is 4.98 Å². The fourth-order valence-corrected chi connectivity index (χ4v) is 3.42. The number of nitrogens with zero attached hydrogens (tertiary/aromatic N) is 2. The maximum Gasteiger partial charge on any atom is 0.304 e. The first-order valence-electron chi connectivity index (χ1n) is 6.57. The van der Waals surface area contributed by atoms with Gasteiger partial charge in [-0.2, -0.15) is 0 Å². The number of aryl methyl sites for hydroxylation is 1. The van der Waals surface area contributed by atoms with E-state index >= 15 is 0 Å². The van der Waals surface area contributed by atoms with E-state index in [2.05, 4.69) is 22.2 Å². The summed E-state index contributed by atoms with van der Waals surface area (Å²) in [5, 5.41) is 12.1. The van der Waals surface area contributed by atoms with Gasteiger partial charge in [-0.05, 0) is 25.8 Å². The van der Waals surface area contributed by atoms with Gasteiger partial charge in [0.1, 0.15) is 0 Å². The smallest absolute Gasteiger partial charge is 0.304 e. The van der Waals surface area contributed by atoms with Crippen molar-refractivity contribution in [1.82, 2.24) is 9.88 Å². The van der Waals surface area contributed by atoms with Crippen molar-refractivity contribution in [2.45, 2.75) is 38.5 Å². The zero-order valence-electron chi connectivity index (χ0n) is 10.8. The highest BCUT2D eigenvalue weighted by Crippen LogP contribution is 2.29. The minimum Gasteiger partial charge on any atom is -0.481 e. The average molecular weight is 268 g/mol. The van der Waals surface area contributed by atoms with Crippen LogP contribution in [0.2, 0.25) is 0 Å². The molecule has 2 heterocycles. The SMILES string of the molecule is CCc1csc([C@@H]2CCCN(CCC(=O)O)C2)n1. The molecule has 0 unspecified atom stereocenters. The van der Waals surface area contributed by atoms with Gasteiger partial charge in [0.15, 0.2) is 0 Å². The zero-order chi connectivity index (χ0) is 13.0. The molecule has 0 aliphatic carbocycles. The molecule has 0 bridgehead atoms. The van der Waals surface area contributed by atoms with Crippen LogP contribution in [0.25, 0.3) is 0 Å². The Hall–Kier alpha value is -0.940. The molecule has 1 aliphatic rings. The topological polar surface area (TPSA) is 53.4 Å². The van der Waals surface area contributed by atoms with Crippen molar-refractivity contribution in [3.8, 4) is 0 Å². The van der Waals surface area contributed by atoms with Crippen molar-refractivity contribution in [1.29, 1.82) is 0 Å². The molecule has 0 amide bonds. The van der Waals surface area contributed by atoms with E-state index < -0.39 is 5.97 Å². The van der Waals surface area contributed by atoms with Crippen LogP contribution in [-0.2, 0) is 11.2 Å². The van der Waals surface area contributed by atoms with Gasteiger partial charge < -0.3 is 10.0 Å². The van der Waals surface area contributed by atoms with Gasteiger partial charge in [0.2, 0.25) is 0 Å². The van der Waals surface area contributed by atoms with Crippen LogP contribution in [0.3, 0.4) is 0 Å². The molecule has 0 aromatic carbocycles. The van der Waals surface area contributed by atoms with Gasteiger partial charge in [-0.1, -0.05) is 6.92 Å². The molecule has 4 nitrogen and oxygen atoms in total. The van der Waals surface area contributed by atoms with Gasteiger partial charge >= 0.3 is 5.97 Å². The second-order valence-corrected chi connectivity index (χ2v) is 5.70. The third-order valence-corrected chi connectivity index (χ3v) is 4.48. The molecule has 1 aromatic rings. The predicted octanol–water partition coefficient (Wildman–Crippen LogP) is 2.36. The fourth-order valence-electron chi connectivity index (χ4n) is 2.39. The van der Waals surface area contributed by atoms with Crippen molar-refractivity contribution >= 4 is 17.3 Å². The van der Waals surface area contributed by atoms with E-state index in [1.807, 2.05) is 0 Å². The molecule has 1 aromatic heterocycles. The van der Waals surface area contributed by atoms with E-state index in [-0.39, 0.29) is 6.42 Å². The number of hydrogen-bond donors (Lipinski definition) is 1. The first kappa shape index (κ1) is 13.5. The Morgan fingerprint density at radius 2 is 2.50 bits per heavy atom. The Labute approximate surface area is 112 Å². The minimum absolute atomic E-state index is 0.241. The molecule has 0 spiro atoms. The summed E-state index contributed by atoms with van der Waals surface area (Å²) in [5.74, 6) is -0.211. The number of aromatic nitrogens is 1. The number of carboxylic acids is 1. The summed E-state index contributed by atoms with van der Waals surface area (Å²) in [6, 6.07) is 0. The number of carbonyl (C=O) groups is 1. The van der Waals surface area contributed by atoms with Crippen LogP contribution in [-0.4, -0.2) is 40.6 Å². The first-order chi connectivity index (χ1) is 8.69. The van der Waals surface area contributed by atoms with E-state index in [9.17, 15) is 4.79 Å². The van der Waals surface area contributed by atoms with Crippen LogP contribution in [0.15, 0.2) is 5.38 Å². The summed E-state index contributed by atoms with van der Waals surface area (Å²) in [4.78, 5) is 17.5. The third-order valence-electron chi connectivity index (χ3n) is 3.43. The molecule has 5 heteroatoms. The second-order valence-electron chi connectivity index (χ2n) is 4.81. The maximum absolute atomic E-state index is 10.6. The Morgan fingerprint density at radius 1 is 1.67 bits per heavy atom. The molecule has 1 aliphatic heterocycles. The normalized spacial score (nSPS) is 21.1. The number of hydrogen-bond acceptors (Lipinski definition) is 4. The van der Waals surface area contributed by atoms with E-state index in [0.29, 0.717) is 12.5 Å². The first-order valence-corrected chi connectivity index (χ1v) is 7.45. The Morgan fingerprint density at radius 3 is 3.17 bits per heavy atom. The summed E-state index contributed by atoms with van der Waals surface area (Å²) in [6.45, 7) is 4.77. The summed E-state index contributed by atoms with van der Waals surface area (Å²) in [5.41, 5.74) is 1.18. The largest absolute Gasteiger partial charge is 0.481 e. The number of aliphatic carboxylic acids is 1. The van der Waals surface area contributed by atoms with Crippen LogP contribution in [0, 0.1) is 0 Å². The van der Waals surface area contributed by atoms with Crippen LogP contribution in [0.1, 0.15) is 42.8 Å². The van der Waals surface area contributed by atoms with Gasteiger partial charge in [0.05, 0.1) is 17.1 Å². The maximum atomic E-state index is 10.6. The summed E-state index contributed by atoms with van der Waals surface area (Å²) < 4.78 is 0. The lowest BCUT2D eigenvalue weighted by Gasteiger charge is -2.31. The van der Waals surface area contributed by atoms with Crippen LogP contribution in [0.4, 0.5) is 0 Å². The van der Waals surface area contributed by atoms with E-state index in [1.165, 1.54) is 17.1 Å². The number of thiazole rings is 1. The summed E-state index contributed by atoms with van der Waals surface area (Å²) in [7, 11) is 0.